The number of carbonyl (C=O) groups excluding carboxylic acids is 2. The van der Waals surface area contributed by atoms with Gasteiger partial charge in [-0.3, -0.25) is 4.79 Å². The number of ether oxygens (including phenoxy) is 2. The van der Waals surface area contributed by atoms with Crippen LogP contribution in [0.1, 0.15) is 17.3 Å². The molecule has 1 fully saturated rings. The molecular weight excluding hydrogens is 260 g/mol. The fourth-order valence-corrected chi connectivity index (χ4v) is 2.05. The standard InChI is InChI=1S/C14H18N2O4/c1-9-12(15-7-8-20-9)13(17)16-11-5-3-10(4-6-11)14(18)19-2/h3-6,9,12,15H,7-8H2,1-2H3,(H,16,17)/t9-,12+/m1/s1. The van der Waals surface area contributed by atoms with Crippen molar-refractivity contribution in [3.8, 4) is 0 Å². The van der Waals surface area contributed by atoms with Crippen molar-refractivity contribution in [2.24, 2.45) is 0 Å². The van der Waals surface area contributed by atoms with Crippen LogP contribution in [0.5, 0.6) is 0 Å². The number of morpholine rings is 1. The molecule has 6 nitrogen and oxygen atoms in total. The molecule has 2 rings (SSSR count). The first-order valence-electron chi connectivity index (χ1n) is 6.46. The summed E-state index contributed by atoms with van der Waals surface area (Å²) < 4.78 is 10.0. The molecule has 2 atom stereocenters. The van der Waals surface area contributed by atoms with E-state index < -0.39 is 5.97 Å². The molecule has 6 heteroatoms. The molecule has 1 heterocycles. The van der Waals surface area contributed by atoms with Gasteiger partial charge in [0.15, 0.2) is 0 Å². The Bertz CT molecular complexity index is 486. The smallest absolute Gasteiger partial charge is 0.337 e. The molecule has 0 aliphatic carbocycles. The topological polar surface area (TPSA) is 76.7 Å². The van der Waals surface area contributed by atoms with E-state index in [-0.39, 0.29) is 18.1 Å². The predicted octanol–water partition coefficient (Wildman–Crippen LogP) is 0.789. The molecule has 1 aliphatic heterocycles. The number of methoxy groups -OCH3 is 1. The number of hydrogen-bond donors (Lipinski definition) is 2. The van der Waals surface area contributed by atoms with Crippen LogP contribution in [0.15, 0.2) is 24.3 Å². The van der Waals surface area contributed by atoms with Gasteiger partial charge >= 0.3 is 5.97 Å². The zero-order valence-electron chi connectivity index (χ0n) is 11.5. The Labute approximate surface area is 117 Å². The molecule has 0 saturated carbocycles. The summed E-state index contributed by atoms with van der Waals surface area (Å²) in [6, 6.07) is 6.17. The van der Waals surface area contributed by atoms with E-state index in [1.807, 2.05) is 6.92 Å². The number of amides is 1. The van der Waals surface area contributed by atoms with Gasteiger partial charge in [0.05, 0.1) is 25.4 Å². The normalized spacial score (nSPS) is 22.1. The lowest BCUT2D eigenvalue weighted by molar-refractivity contribution is -0.123. The van der Waals surface area contributed by atoms with Crippen molar-refractivity contribution in [3.05, 3.63) is 29.8 Å². The highest BCUT2D eigenvalue weighted by Crippen LogP contribution is 2.12. The van der Waals surface area contributed by atoms with Crippen LogP contribution in [-0.4, -0.2) is 44.3 Å². The molecule has 1 saturated heterocycles. The summed E-state index contributed by atoms with van der Waals surface area (Å²) in [6.07, 6.45) is -0.168. The van der Waals surface area contributed by atoms with Crippen LogP contribution >= 0.6 is 0 Å². The summed E-state index contributed by atoms with van der Waals surface area (Å²) in [5.74, 6) is -0.554. The Morgan fingerprint density at radius 2 is 2.05 bits per heavy atom. The van der Waals surface area contributed by atoms with Crippen molar-refractivity contribution in [1.82, 2.24) is 5.32 Å². The van der Waals surface area contributed by atoms with E-state index in [4.69, 9.17) is 4.74 Å². The van der Waals surface area contributed by atoms with Gasteiger partial charge in [0.25, 0.3) is 0 Å². The van der Waals surface area contributed by atoms with Crippen molar-refractivity contribution >= 4 is 17.6 Å². The molecule has 0 spiro atoms. The molecular formula is C14H18N2O4. The van der Waals surface area contributed by atoms with E-state index >= 15 is 0 Å². The molecule has 0 radical (unpaired) electrons. The Morgan fingerprint density at radius 1 is 1.35 bits per heavy atom. The third-order valence-electron chi connectivity index (χ3n) is 3.17. The molecule has 2 N–H and O–H groups in total. The third kappa shape index (κ3) is 3.34. The van der Waals surface area contributed by atoms with Crippen LogP contribution in [0.4, 0.5) is 5.69 Å². The highest BCUT2D eigenvalue weighted by molar-refractivity contribution is 5.96. The average Bonchev–Trinajstić information content (AvgIpc) is 2.47. The zero-order valence-corrected chi connectivity index (χ0v) is 11.5. The number of nitrogens with one attached hydrogen (secondary N) is 2. The van der Waals surface area contributed by atoms with Gasteiger partial charge in [-0.2, -0.15) is 0 Å². The van der Waals surface area contributed by atoms with E-state index in [0.29, 0.717) is 24.4 Å². The van der Waals surface area contributed by atoms with Gasteiger partial charge in [-0.25, -0.2) is 4.79 Å². The fraction of sp³-hybridized carbons (Fsp3) is 0.429. The maximum Gasteiger partial charge on any atom is 0.337 e. The minimum Gasteiger partial charge on any atom is -0.465 e. The first-order valence-corrected chi connectivity index (χ1v) is 6.46. The molecule has 0 bridgehead atoms. The van der Waals surface area contributed by atoms with E-state index in [9.17, 15) is 9.59 Å². The second-order valence-electron chi connectivity index (χ2n) is 4.57. The molecule has 1 aliphatic rings. The van der Waals surface area contributed by atoms with Crippen molar-refractivity contribution in [3.63, 3.8) is 0 Å². The third-order valence-corrected chi connectivity index (χ3v) is 3.17. The Morgan fingerprint density at radius 3 is 2.65 bits per heavy atom. The van der Waals surface area contributed by atoms with E-state index in [1.165, 1.54) is 7.11 Å². The minimum atomic E-state index is -0.404. The highest BCUT2D eigenvalue weighted by Gasteiger charge is 2.28. The molecule has 20 heavy (non-hydrogen) atoms. The van der Waals surface area contributed by atoms with E-state index in [0.717, 1.165) is 0 Å². The first kappa shape index (κ1) is 14.5. The first-order chi connectivity index (χ1) is 9.61. The largest absolute Gasteiger partial charge is 0.465 e. The highest BCUT2D eigenvalue weighted by atomic mass is 16.5. The van der Waals surface area contributed by atoms with Crippen LogP contribution in [0, 0.1) is 0 Å². The number of hydrogen-bond acceptors (Lipinski definition) is 5. The summed E-state index contributed by atoms with van der Waals surface area (Å²) >= 11 is 0. The zero-order chi connectivity index (χ0) is 14.5. The van der Waals surface area contributed by atoms with Crippen molar-refractivity contribution < 1.29 is 19.1 Å². The lowest BCUT2D eigenvalue weighted by Gasteiger charge is -2.29. The van der Waals surface area contributed by atoms with Crippen LogP contribution in [0.3, 0.4) is 0 Å². The second-order valence-corrected chi connectivity index (χ2v) is 4.57. The number of esters is 1. The van der Waals surface area contributed by atoms with E-state index in [2.05, 4.69) is 15.4 Å². The minimum absolute atomic E-state index is 0.150. The molecule has 0 aromatic heterocycles. The van der Waals surface area contributed by atoms with Gasteiger partial charge in [-0.1, -0.05) is 0 Å². The van der Waals surface area contributed by atoms with Crippen molar-refractivity contribution in [2.75, 3.05) is 25.6 Å². The number of benzene rings is 1. The van der Waals surface area contributed by atoms with E-state index in [1.54, 1.807) is 24.3 Å². The summed E-state index contributed by atoms with van der Waals surface area (Å²) in [6.45, 7) is 3.12. The van der Waals surface area contributed by atoms with Crippen LogP contribution < -0.4 is 10.6 Å². The Kier molecular flexibility index (Phi) is 4.70. The SMILES string of the molecule is COC(=O)c1ccc(NC(=O)[C@H]2NCCO[C@@H]2C)cc1. The van der Waals surface area contributed by atoms with Crippen molar-refractivity contribution in [1.29, 1.82) is 0 Å². The lowest BCUT2D eigenvalue weighted by Crippen LogP contribution is -2.53. The predicted molar refractivity (Wildman–Crippen MR) is 73.6 cm³/mol. The Hall–Kier alpha value is -1.92. The Balaban J connectivity index is 1.99. The van der Waals surface area contributed by atoms with Crippen LogP contribution in [0.2, 0.25) is 0 Å². The lowest BCUT2D eigenvalue weighted by atomic mass is 10.1. The average molecular weight is 278 g/mol. The maximum absolute atomic E-state index is 12.1. The van der Waals surface area contributed by atoms with Gasteiger partial charge in [-0.15, -0.1) is 0 Å². The number of anilines is 1. The number of carbonyl (C=O) groups is 2. The molecule has 0 unspecified atom stereocenters. The van der Waals surface area contributed by atoms with Crippen molar-refractivity contribution in [2.45, 2.75) is 19.1 Å². The van der Waals surface area contributed by atoms with Crippen LogP contribution in [0.25, 0.3) is 0 Å². The van der Waals surface area contributed by atoms with Gasteiger partial charge < -0.3 is 20.1 Å². The molecule has 108 valence electrons. The van der Waals surface area contributed by atoms with Gasteiger partial charge in [0, 0.05) is 12.2 Å². The summed E-state index contributed by atoms with van der Waals surface area (Å²) in [5, 5.41) is 5.91. The van der Waals surface area contributed by atoms with Gasteiger partial charge in [-0.05, 0) is 31.2 Å². The van der Waals surface area contributed by atoms with Gasteiger partial charge in [0.2, 0.25) is 5.91 Å². The summed E-state index contributed by atoms with van der Waals surface area (Å²) in [5.41, 5.74) is 1.07. The second kappa shape index (κ2) is 6.49. The van der Waals surface area contributed by atoms with Crippen LogP contribution in [-0.2, 0) is 14.3 Å². The summed E-state index contributed by atoms with van der Waals surface area (Å²) in [4.78, 5) is 23.4. The fourth-order valence-electron chi connectivity index (χ4n) is 2.05. The number of rotatable bonds is 3. The molecule has 1 amide bonds. The molecule has 1 aromatic carbocycles. The molecule has 1 aromatic rings. The maximum atomic E-state index is 12.1. The quantitative estimate of drug-likeness (QED) is 0.799. The summed E-state index contributed by atoms with van der Waals surface area (Å²) in [7, 11) is 1.33. The monoisotopic (exact) mass is 278 g/mol. The van der Waals surface area contributed by atoms with Gasteiger partial charge in [0.1, 0.15) is 6.04 Å².